The lowest BCUT2D eigenvalue weighted by Crippen LogP contribution is -2.43. The molecule has 5 rings (SSSR count). The number of halogens is 1. The molecule has 11 heteroatoms. The van der Waals surface area contributed by atoms with Crippen molar-refractivity contribution in [2.45, 2.75) is 19.0 Å². The maximum atomic E-state index is 13.7. The average Bonchev–Trinajstić information content (AvgIpc) is 3.29. The van der Waals surface area contributed by atoms with Crippen molar-refractivity contribution in [1.29, 1.82) is 0 Å². The minimum Gasteiger partial charge on any atom is -0.486 e. The standard InChI is InChI=1S/C21H18FN5O5/c1-11-2-3-12(8-14(11)22)23-17(28)10-26-19-18(24-25-26)20(29)27(21(19)30)13-4-5-15-16(9-13)32-7-6-31-15/h2-5,8-9,18-19H,6-7,10H2,1H3,(H,23,28)/t18-,19-/m1/s1. The van der Waals surface area contributed by atoms with Crippen LogP contribution in [0, 0.1) is 12.7 Å². The molecule has 1 saturated heterocycles. The van der Waals surface area contributed by atoms with E-state index in [2.05, 4.69) is 15.7 Å². The molecular weight excluding hydrogens is 421 g/mol. The van der Waals surface area contributed by atoms with E-state index in [1.54, 1.807) is 37.3 Å². The minimum absolute atomic E-state index is 0.275. The Kier molecular flexibility index (Phi) is 4.72. The first-order valence-corrected chi connectivity index (χ1v) is 9.93. The minimum atomic E-state index is -1.04. The molecule has 0 aromatic heterocycles. The maximum Gasteiger partial charge on any atom is 0.263 e. The number of anilines is 2. The molecular formula is C21H18FN5O5. The number of carbonyl (C=O) groups excluding carboxylic acids is 3. The Bertz CT molecular complexity index is 1170. The first kappa shape index (κ1) is 19.9. The number of nitrogens with one attached hydrogen (secondary N) is 1. The Morgan fingerprint density at radius 1 is 1.12 bits per heavy atom. The van der Waals surface area contributed by atoms with Gasteiger partial charge in [-0.05, 0) is 36.8 Å². The van der Waals surface area contributed by atoms with Crippen LogP contribution in [0.5, 0.6) is 11.5 Å². The number of carbonyl (C=O) groups is 3. The highest BCUT2D eigenvalue weighted by molar-refractivity contribution is 6.25. The predicted octanol–water partition coefficient (Wildman–Crippen LogP) is 1.84. The summed E-state index contributed by atoms with van der Waals surface area (Å²) in [5, 5.41) is 11.5. The van der Waals surface area contributed by atoms with Gasteiger partial charge in [-0.25, -0.2) is 9.29 Å². The van der Waals surface area contributed by atoms with Crippen LogP contribution in [0.2, 0.25) is 0 Å². The Labute approximate surface area is 181 Å². The highest BCUT2D eigenvalue weighted by Crippen LogP contribution is 2.37. The lowest BCUT2D eigenvalue weighted by atomic mass is 10.1. The molecule has 3 amide bonds. The summed E-state index contributed by atoms with van der Waals surface area (Å²) < 4.78 is 24.7. The number of nitrogens with zero attached hydrogens (tertiary/aromatic N) is 4. The number of imide groups is 1. The third kappa shape index (κ3) is 3.31. The molecule has 2 aromatic carbocycles. The number of fused-ring (bicyclic) bond motifs is 2. The third-order valence-electron chi connectivity index (χ3n) is 5.40. The second kappa shape index (κ2) is 7.59. The summed E-state index contributed by atoms with van der Waals surface area (Å²) in [6.07, 6.45) is 0. The van der Waals surface area contributed by atoms with Gasteiger partial charge < -0.3 is 14.8 Å². The van der Waals surface area contributed by atoms with Gasteiger partial charge in [0, 0.05) is 11.8 Å². The molecule has 0 bridgehead atoms. The van der Waals surface area contributed by atoms with Gasteiger partial charge in [-0.3, -0.25) is 19.4 Å². The van der Waals surface area contributed by atoms with Gasteiger partial charge in [0.2, 0.25) is 5.91 Å². The SMILES string of the molecule is Cc1ccc(NC(=O)CN2N=N[C@H]3C(=O)N(c4ccc5c(c4)OCCO5)C(=O)[C@@H]32)cc1F. The van der Waals surface area contributed by atoms with Gasteiger partial charge in [0.1, 0.15) is 25.6 Å². The lowest BCUT2D eigenvalue weighted by Gasteiger charge is -2.22. The van der Waals surface area contributed by atoms with Crippen molar-refractivity contribution in [2.75, 3.05) is 30.0 Å². The van der Waals surface area contributed by atoms with E-state index in [1.165, 1.54) is 11.1 Å². The Morgan fingerprint density at radius 3 is 2.69 bits per heavy atom. The number of rotatable bonds is 4. The van der Waals surface area contributed by atoms with Crippen LogP contribution < -0.4 is 19.7 Å². The van der Waals surface area contributed by atoms with Crippen molar-refractivity contribution in [3.8, 4) is 11.5 Å². The van der Waals surface area contributed by atoms with Gasteiger partial charge >= 0.3 is 0 Å². The van der Waals surface area contributed by atoms with E-state index in [9.17, 15) is 18.8 Å². The molecule has 0 saturated carbocycles. The first-order chi connectivity index (χ1) is 15.4. The van der Waals surface area contributed by atoms with Crippen molar-refractivity contribution in [2.24, 2.45) is 10.3 Å². The molecule has 3 heterocycles. The predicted molar refractivity (Wildman–Crippen MR) is 109 cm³/mol. The van der Waals surface area contributed by atoms with Crippen LogP contribution in [0.3, 0.4) is 0 Å². The van der Waals surface area contributed by atoms with Crippen LogP contribution in [0.4, 0.5) is 15.8 Å². The van der Waals surface area contributed by atoms with Crippen LogP contribution in [-0.4, -0.2) is 54.6 Å². The number of hydrogen-bond acceptors (Lipinski definition) is 8. The average molecular weight is 439 g/mol. The molecule has 3 aliphatic rings. The molecule has 10 nitrogen and oxygen atoms in total. The van der Waals surface area contributed by atoms with E-state index in [1.807, 2.05) is 0 Å². The monoisotopic (exact) mass is 439 g/mol. The summed E-state index contributed by atoms with van der Waals surface area (Å²) >= 11 is 0. The Hall–Kier alpha value is -4.02. The van der Waals surface area contributed by atoms with Crippen LogP contribution in [0.15, 0.2) is 46.7 Å². The van der Waals surface area contributed by atoms with E-state index < -0.39 is 35.6 Å². The zero-order chi connectivity index (χ0) is 22.4. The first-order valence-electron chi connectivity index (χ1n) is 9.93. The smallest absolute Gasteiger partial charge is 0.263 e. The summed E-state index contributed by atoms with van der Waals surface area (Å²) in [4.78, 5) is 39.4. The summed E-state index contributed by atoms with van der Waals surface area (Å²) in [7, 11) is 0. The van der Waals surface area contributed by atoms with Gasteiger partial charge in [-0.15, -0.1) is 0 Å². The molecule has 2 atom stereocenters. The second-order valence-electron chi connectivity index (χ2n) is 7.54. The van der Waals surface area contributed by atoms with E-state index >= 15 is 0 Å². The molecule has 1 N–H and O–H groups in total. The Morgan fingerprint density at radius 2 is 1.91 bits per heavy atom. The molecule has 0 aliphatic carbocycles. The zero-order valence-electron chi connectivity index (χ0n) is 16.9. The fourth-order valence-electron chi connectivity index (χ4n) is 3.80. The molecule has 0 unspecified atom stereocenters. The summed E-state index contributed by atoms with van der Waals surface area (Å²) in [5.74, 6) is -1.08. The van der Waals surface area contributed by atoms with E-state index in [-0.39, 0.29) is 12.2 Å². The van der Waals surface area contributed by atoms with Crippen LogP contribution >= 0.6 is 0 Å². The molecule has 0 spiro atoms. The third-order valence-corrected chi connectivity index (χ3v) is 5.40. The molecule has 2 aromatic rings. The number of amides is 3. The molecule has 0 radical (unpaired) electrons. The largest absolute Gasteiger partial charge is 0.486 e. The fourth-order valence-corrected chi connectivity index (χ4v) is 3.80. The number of hydrogen-bond donors (Lipinski definition) is 1. The highest BCUT2D eigenvalue weighted by Gasteiger charge is 2.55. The van der Waals surface area contributed by atoms with Crippen LogP contribution in [0.25, 0.3) is 0 Å². The van der Waals surface area contributed by atoms with Crippen LogP contribution in [-0.2, 0) is 14.4 Å². The van der Waals surface area contributed by atoms with Crippen molar-refractivity contribution in [1.82, 2.24) is 5.01 Å². The van der Waals surface area contributed by atoms with E-state index in [4.69, 9.17) is 9.47 Å². The topological polar surface area (TPSA) is 113 Å². The molecule has 32 heavy (non-hydrogen) atoms. The molecule has 1 fully saturated rings. The van der Waals surface area contributed by atoms with Crippen molar-refractivity contribution < 1.29 is 28.2 Å². The fraction of sp³-hybridized carbons (Fsp3) is 0.286. The van der Waals surface area contributed by atoms with E-state index in [0.717, 1.165) is 4.90 Å². The van der Waals surface area contributed by atoms with Gasteiger partial charge in [0.05, 0.1) is 5.69 Å². The van der Waals surface area contributed by atoms with Gasteiger partial charge in [0.25, 0.3) is 11.8 Å². The molecule has 164 valence electrons. The van der Waals surface area contributed by atoms with Crippen molar-refractivity contribution in [3.05, 3.63) is 47.8 Å². The second-order valence-corrected chi connectivity index (χ2v) is 7.54. The normalized spacial score (nSPS) is 21.2. The van der Waals surface area contributed by atoms with E-state index in [0.29, 0.717) is 36.0 Å². The highest BCUT2D eigenvalue weighted by atomic mass is 19.1. The number of benzene rings is 2. The van der Waals surface area contributed by atoms with Crippen LogP contribution in [0.1, 0.15) is 5.56 Å². The lowest BCUT2D eigenvalue weighted by molar-refractivity contribution is -0.123. The number of ether oxygens (including phenoxy) is 2. The number of aryl methyl sites for hydroxylation is 1. The quantitative estimate of drug-likeness (QED) is 0.728. The van der Waals surface area contributed by atoms with Gasteiger partial charge in [0.15, 0.2) is 23.6 Å². The van der Waals surface area contributed by atoms with Crippen molar-refractivity contribution in [3.63, 3.8) is 0 Å². The molecule has 3 aliphatic heterocycles. The summed E-state index contributed by atoms with van der Waals surface area (Å²) in [6.45, 7) is 2.08. The maximum absolute atomic E-state index is 13.7. The van der Waals surface area contributed by atoms with Gasteiger partial charge in [-0.1, -0.05) is 11.3 Å². The van der Waals surface area contributed by atoms with Gasteiger partial charge in [-0.2, -0.15) is 5.11 Å². The zero-order valence-corrected chi connectivity index (χ0v) is 16.9. The summed E-state index contributed by atoms with van der Waals surface area (Å²) in [5.41, 5.74) is 1.05. The summed E-state index contributed by atoms with van der Waals surface area (Å²) in [6, 6.07) is 7.02. The van der Waals surface area contributed by atoms with Crippen molar-refractivity contribution >= 4 is 29.1 Å². The Balaban J connectivity index is 1.31.